The molecule has 0 bridgehead atoms. The van der Waals surface area contributed by atoms with Crippen LogP contribution in [0, 0.1) is 0 Å². The Morgan fingerprint density at radius 1 is 1.38 bits per heavy atom. The predicted molar refractivity (Wildman–Crippen MR) is 131 cm³/mol. The van der Waals surface area contributed by atoms with Gasteiger partial charge in [0.1, 0.15) is 12.4 Å². The number of nitrogens with zero attached hydrogens (tertiary/aromatic N) is 3. The number of guanidine groups is 1. The van der Waals surface area contributed by atoms with Crippen LogP contribution in [-0.4, -0.2) is 75.4 Å². The molecule has 2 rings (SSSR count). The van der Waals surface area contributed by atoms with E-state index in [0.29, 0.717) is 13.2 Å². The number of hydrogen-bond acceptors (Lipinski definition) is 4. The molecule has 1 aliphatic rings. The molecule has 0 aromatic heterocycles. The van der Waals surface area contributed by atoms with Crippen LogP contribution in [0.3, 0.4) is 0 Å². The van der Waals surface area contributed by atoms with Crippen molar-refractivity contribution in [2.24, 2.45) is 4.99 Å². The fourth-order valence-corrected chi connectivity index (χ4v) is 3.07. The lowest BCUT2D eigenvalue weighted by Gasteiger charge is -2.26. The summed E-state index contributed by atoms with van der Waals surface area (Å²) in [5.41, 5.74) is 1.15. The van der Waals surface area contributed by atoms with E-state index in [1.54, 1.807) is 0 Å². The topological polar surface area (TPSA) is 49.3 Å². The summed E-state index contributed by atoms with van der Waals surface area (Å²) in [4.78, 5) is 9.34. The number of benzene rings is 1. The first-order valence-electron chi connectivity index (χ1n) is 10.3. The monoisotopic (exact) mass is 516 g/mol. The third-order valence-corrected chi connectivity index (χ3v) is 4.69. The second kappa shape index (κ2) is 15.5. The van der Waals surface area contributed by atoms with Crippen molar-refractivity contribution in [2.45, 2.75) is 26.3 Å². The van der Waals surface area contributed by atoms with Crippen molar-refractivity contribution in [2.75, 3.05) is 59.6 Å². The van der Waals surface area contributed by atoms with Crippen molar-refractivity contribution >= 4 is 29.9 Å². The van der Waals surface area contributed by atoms with Gasteiger partial charge in [0, 0.05) is 39.8 Å². The number of rotatable bonds is 11. The summed E-state index contributed by atoms with van der Waals surface area (Å²) in [5, 5.41) is 3.37. The zero-order chi connectivity index (χ0) is 20.0. The van der Waals surface area contributed by atoms with Gasteiger partial charge in [0.25, 0.3) is 0 Å². The first-order valence-corrected chi connectivity index (χ1v) is 10.3. The second-order valence-electron chi connectivity index (χ2n) is 6.97. The van der Waals surface area contributed by atoms with E-state index < -0.39 is 0 Å². The Morgan fingerprint density at radius 2 is 2.17 bits per heavy atom. The summed E-state index contributed by atoms with van der Waals surface area (Å²) in [5.74, 6) is 1.84. The fourth-order valence-electron chi connectivity index (χ4n) is 3.07. The van der Waals surface area contributed by atoms with Gasteiger partial charge in [-0.05, 0) is 37.5 Å². The molecule has 0 aliphatic carbocycles. The molecule has 7 heteroatoms. The van der Waals surface area contributed by atoms with Gasteiger partial charge in [-0.1, -0.05) is 18.2 Å². The first kappa shape index (κ1) is 25.7. The standard InChI is InChI=1S/C22H36N4O2.HI/c1-4-6-7-11-25(3)22(23-5-2)24-19-20-9-8-10-21(18-20)28-17-14-26-12-15-27-16-13-26;/h4,8-10,18H,1,5-7,11-17,19H2,2-3H3,(H,23,24);1H. The van der Waals surface area contributed by atoms with E-state index >= 15 is 0 Å². The number of ether oxygens (including phenoxy) is 2. The van der Waals surface area contributed by atoms with E-state index in [2.05, 4.69) is 47.8 Å². The van der Waals surface area contributed by atoms with Gasteiger partial charge in [-0.15, -0.1) is 30.6 Å². The fraction of sp³-hybridized carbons (Fsp3) is 0.591. The quantitative estimate of drug-likeness (QED) is 0.161. The third-order valence-electron chi connectivity index (χ3n) is 4.69. The molecule has 1 heterocycles. The molecule has 0 amide bonds. The third kappa shape index (κ3) is 10.3. The van der Waals surface area contributed by atoms with Crippen molar-refractivity contribution in [1.82, 2.24) is 15.1 Å². The smallest absolute Gasteiger partial charge is 0.193 e. The Kier molecular flexibility index (Phi) is 13.8. The molecule has 1 N–H and O–H groups in total. The van der Waals surface area contributed by atoms with Crippen molar-refractivity contribution in [1.29, 1.82) is 0 Å². The highest BCUT2D eigenvalue weighted by Gasteiger charge is 2.10. The zero-order valence-electron chi connectivity index (χ0n) is 17.9. The molecule has 0 spiro atoms. The maximum atomic E-state index is 5.95. The average Bonchev–Trinajstić information content (AvgIpc) is 2.72. The zero-order valence-corrected chi connectivity index (χ0v) is 20.3. The van der Waals surface area contributed by atoms with Gasteiger partial charge in [-0.25, -0.2) is 4.99 Å². The molecule has 1 aliphatic heterocycles. The largest absolute Gasteiger partial charge is 0.492 e. The van der Waals surface area contributed by atoms with Gasteiger partial charge in [0.05, 0.1) is 19.8 Å². The molecule has 29 heavy (non-hydrogen) atoms. The van der Waals surface area contributed by atoms with Crippen LogP contribution in [0.25, 0.3) is 0 Å². The number of hydrogen-bond donors (Lipinski definition) is 1. The van der Waals surface area contributed by atoms with E-state index in [-0.39, 0.29) is 24.0 Å². The van der Waals surface area contributed by atoms with Crippen LogP contribution in [0.15, 0.2) is 41.9 Å². The molecule has 164 valence electrons. The molecule has 0 radical (unpaired) electrons. The van der Waals surface area contributed by atoms with E-state index in [4.69, 9.17) is 14.5 Å². The number of aliphatic imine (C=N–C) groups is 1. The molecule has 0 saturated carbocycles. The average molecular weight is 516 g/mol. The Bertz CT molecular complexity index is 606. The minimum Gasteiger partial charge on any atom is -0.492 e. The molecule has 1 aromatic carbocycles. The second-order valence-corrected chi connectivity index (χ2v) is 6.97. The highest BCUT2D eigenvalue weighted by atomic mass is 127. The summed E-state index contributed by atoms with van der Waals surface area (Å²) in [6, 6.07) is 8.23. The van der Waals surface area contributed by atoms with Gasteiger partial charge in [0.2, 0.25) is 0 Å². The molecule has 1 aromatic rings. The SMILES string of the molecule is C=CCCCN(C)C(=NCc1cccc(OCCN2CCOCC2)c1)NCC.I. The minimum atomic E-state index is 0. The number of nitrogens with one attached hydrogen (secondary N) is 1. The molecule has 6 nitrogen and oxygen atoms in total. The van der Waals surface area contributed by atoms with E-state index in [0.717, 1.165) is 76.1 Å². The Morgan fingerprint density at radius 3 is 2.90 bits per heavy atom. The Labute approximate surface area is 193 Å². The van der Waals surface area contributed by atoms with Crippen molar-refractivity contribution < 1.29 is 9.47 Å². The van der Waals surface area contributed by atoms with Crippen LogP contribution in [0.5, 0.6) is 5.75 Å². The maximum absolute atomic E-state index is 5.95. The molecule has 0 atom stereocenters. The van der Waals surface area contributed by atoms with Crippen LogP contribution < -0.4 is 10.1 Å². The van der Waals surface area contributed by atoms with Crippen molar-refractivity contribution in [3.05, 3.63) is 42.5 Å². The molecule has 1 fully saturated rings. The lowest BCUT2D eigenvalue weighted by atomic mass is 10.2. The first-order chi connectivity index (χ1) is 13.7. The van der Waals surface area contributed by atoms with Crippen molar-refractivity contribution in [3.63, 3.8) is 0 Å². The van der Waals surface area contributed by atoms with E-state index in [1.807, 2.05) is 18.2 Å². The highest BCUT2D eigenvalue weighted by Crippen LogP contribution is 2.14. The Balaban J connectivity index is 0.00000420. The van der Waals surface area contributed by atoms with Crippen LogP contribution in [0.4, 0.5) is 0 Å². The van der Waals surface area contributed by atoms with E-state index in [9.17, 15) is 0 Å². The van der Waals surface area contributed by atoms with Gasteiger partial charge < -0.3 is 19.7 Å². The van der Waals surface area contributed by atoms with Crippen LogP contribution in [-0.2, 0) is 11.3 Å². The molecule has 0 unspecified atom stereocenters. The molecule has 1 saturated heterocycles. The summed E-state index contributed by atoms with van der Waals surface area (Å²) in [7, 11) is 2.08. The van der Waals surface area contributed by atoms with Crippen LogP contribution in [0.2, 0.25) is 0 Å². The molecular weight excluding hydrogens is 479 g/mol. The number of unbranched alkanes of at least 4 members (excludes halogenated alkanes) is 1. The Hall–Kier alpha value is -1.32. The number of halogens is 1. The van der Waals surface area contributed by atoms with Gasteiger partial charge in [-0.2, -0.15) is 0 Å². The van der Waals surface area contributed by atoms with Crippen LogP contribution in [0.1, 0.15) is 25.3 Å². The normalized spacial score (nSPS) is 14.8. The number of allylic oxidation sites excluding steroid dienone is 1. The summed E-state index contributed by atoms with van der Waals surface area (Å²) in [6.45, 7) is 13.6. The van der Waals surface area contributed by atoms with Crippen LogP contribution >= 0.6 is 24.0 Å². The van der Waals surface area contributed by atoms with Gasteiger partial charge in [0.15, 0.2) is 5.96 Å². The summed E-state index contributed by atoms with van der Waals surface area (Å²) in [6.07, 6.45) is 4.06. The van der Waals surface area contributed by atoms with Gasteiger partial charge >= 0.3 is 0 Å². The van der Waals surface area contributed by atoms with E-state index in [1.165, 1.54) is 0 Å². The minimum absolute atomic E-state index is 0. The van der Waals surface area contributed by atoms with Crippen molar-refractivity contribution in [3.8, 4) is 5.75 Å². The predicted octanol–water partition coefficient (Wildman–Crippen LogP) is 3.38. The maximum Gasteiger partial charge on any atom is 0.193 e. The highest BCUT2D eigenvalue weighted by molar-refractivity contribution is 14.0. The number of morpholine rings is 1. The molecular formula is C22H37IN4O2. The lowest BCUT2D eigenvalue weighted by Crippen LogP contribution is -2.39. The summed E-state index contributed by atoms with van der Waals surface area (Å²) >= 11 is 0. The van der Waals surface area contributed by atoms with Gasteiger partial charge in [-0.3, -0.25) is 4.90 Å². The lowest BCUT2D eigenvalue weighted by molar-refractivity contribution is 0.0322. The summed E-state index contributed by atoms with van der Waals surface area (Å²) < 4.78 is 11.3.